The number of rotatable bonds is 5. The summed E-state index contributed by atoms with van der Waals surface area (Å²) in [6.45, 7) is 0.914. The first kappa shape index (κ1) is 14.0. The zero-order chi connectivity index (χ0) is 14.5. The second-order valence-electron chi connectivity index (χ2n) is 4.15. The number of fused-ring (bicyclic) bond motifs is 1. The number of amides is 2. The molecule has 104 valence electrons. The average Bonchev–Trinajstić information content (AvgIpc) is 2.42. The van der Waals surface area contributed by atoms with Gasteiger partial charge in [-0.05, 0) is 12.1 Å². The summed E-state index contributed by atoms with van der Waals surface area (Å²) < 4.78 is 0. The van der Waals surface area contributed by atoms with Gasteiger partial charge in [0.2, 0.25) is 0 Å². The summed E-state index contributed by atoms with van der Waals surface area (Å²) in [7, 11) is 0. The number of carbonyl (C=O) groups is 1. The van der Waals surface area contributed by atoms with E-state index in [9.17, 15) is 4.79 Å². The third-order valence-electron chi connectivity index (χ3n) is 2.71. The molecule has 2 amide bonds. The van der Waals surface area contributed by atoms with Crippen LogP contribution in [0.15, 0.2) is 30.3 Å². The summed E-state index contributed by atoms with van der Waals surface area (Å²) in [5, 5.41) is 6.50. The molecule has 6 nitrogen and oxygen atoms in total. The quantitative estimate of drug-likeness (QED) is 0.484. The van der Waals surface area contributed by atoms with Crippen molar-refractivity contribution in [2.75, 3.05) is 18.4 Å². The Hall–Kier alpha value is -2.41. The summed E-state index contributed by atoms with van der Waals surface area (Å²) in [4.78, 5) is 15.3. The lowest BCUT2D eigenvalue weighted by Gasteiger charge is -2.10. The lowest BCUT2D eigenvalue weighted by atomic mass is 10.1. The standard InChI is InChI=1S/C13H15N5OS/c14-12(20)9-7-11(16-5-6-17-13(15)19)18-10-4-2-1-3-8(9)10/h1-4,7H,5-6H2,(H2,14,20)(H,16,18)(H3,15,17,19). The van der Waals surface area contributed by atoms with Gasteiger partial charge in [-0.3, -0.25) is 0 Å². The number of urea groups is 1. The van der Waals surface area contributed by atoms with Gasteiger partial charge in [-0.2, -0.15) is 0 Å². The van der Waals surface area contributed by atoms with E-state index in [0.717, 1.165) is 16.5 Å². The van der Waals surface area contributed by atoms with Crippen molar-refractivity contribution in [3.05, 3.63) is 35.9 Å². The Morgan fingerprint density at radius 1 is 1.25 bits per heavy atom. The van der Waals surface area contributed by atoms with E-state index in [2.05, 4.69) is 15.6 Å². The molecule has 0 radical (unpaired) electrons. The van der Waals surface area contributed by atoms with Gasteiger partial charge in [0.15, 0.2) is 0 Å². The Morgan fingerprint density at radius 2 is 2.00 bits per heavy atom. The van der Waals surface area contributed by atoms with Crippen molar-refractivity contribution in [1.29, 1.82) is 0 Å². The van der Waals surface area contributed by atoms with Crippen LogP contribution in [0.1, 0.15) is 5.56 Å². The number of thiocarbonyl (C=S) groups is 1. The minimum absolute atomic E-state index is 0.321. The third kappa shape index (κ3) is 3.33. The summed E-state index contributed by atoms with van der Waals surface area (Å²) in [6.07, 6.45) is 0. The zero-order valence-electron chi connectivity index (χ0n) is 10.7. The largest absolute Gasteiger partial charge is 0.389 e. The van der Waals surface area contributed by atoms with Crippen LogP contribution in [-0.2, 0) is 0 Å². The maximum Gasteiger partial charge on any atom is 0.312 e. The predicted molar refractivity (Wildman–Crippen MR) is 83.7 cm³/mol. The van der Waals surface area contributed by atoms with E-state index in [4.69, 9.17) is 23.7 Å². The van der Waals surface area contributed by atoms with Crippen LogP contribution in [-0.4, -0.2) is 29.1 Å². The second-order valence-corrected chi connectivity index (χ2v) is 4.59. The van der Waals surface area contributed by atoms with Crippen molar-refractivity contribution in [2.45, 2.75) is 0 Å². The number of aromatic nitrogens is 1. The predicted octanol–water partition coefficient (Wildman–Crippen LogP) is 0.949. The Kier molecular flexibility index (Phi) is 4.31. The number of benzene rings is 1. The maximum absolute atomic E-state index is 10.6. The minimum atomic E-state index is -0.554. The fourth-order valence-corrected chi connectivity index (χ4v) is 2.01. The molecule has 20 heavy (non-hydrogen) atoms. The van der Waals surface area contributed by atoms with Crippen molar-refractivity contribution in [3.63, 3.8) is 0 Å². The Morgan fingerprint density at radius 3 is 2.70 bits per heavy atom. The number of nitrogens with two attached hydrogens (primary N) is 2. The van der Waals surface area contributed by atoms with Crippen LogP contribution in [0.4, 0.5) is 10.6 Å². The smallest absolute Gasteiger partial charge is 0.312 e. The van der Waals surface area contributed by atoms with Crippen molar-refractivity contribution < 1.29 is 4.79 Å². The van der Waals surface area contributed by atoms with Gasteiger partial charge in [-0.25, -0.2) is 9.78 Å². The van der Waals surface area contributed by atoms with Gasteiger partial charge in [0.05, 0.1) is 5.52 Å². The van der Waals surface area contributed by atoms with Gasteiger partial charge in [0.25, 0.3) is 0 Å². The lowest BCUT2D eigenvalue weighted by molar-refractivity contribution is 0.249. The molecule has 0 saturated heterocycles. The molecular weight excluding hydrogens is 274 g/mol. The van der Waals surface area contributed by atoms with Crippen molar-refractivity contribution in [1.82, 2.24) is 10.3 Å². The zero-order valence-corrected chi connectivity index (χ0v) is 11.5. The molecule has 0 aliphatic heterocycles. The van der Waals surface area contributed by atoms with Gasteiger partial charge < -0.3 is 22.1 Å². The first-order valence-electron chi connectivity index (χ1n) is 6.04. The molecule has 7 heteroatoms. The molecule has 0 saturated carbocycles. The number of anilines is 1. The van der Waals surface area contributed by atoms with Crippen LogP contribution in [0.5, 0.6) is 0 Å². The molecule has 0 aliphatic carbocycles. The molecule has 1 aromatic carbocycles. The van der Waals surface area contributed by atoms with E-state index in [0.29, 0.717) is 23.9 Å². The molecule has 0 unspecified atom stereocenters. The fraction of sp³-hybridized carbons (Fsp3) is 0.154. The molecule has 2 aromatic rings. The lowest BCUT2D eigenvalue weighted by Crippen LogP contribution is -2.33. The van der Waals surface area contributed by atoms with E-state index < -0.39 is 6.03 Å². The number of para-hydroxylation sites is 1. The highest BCUT2D eigenvalue weighted by molar-refractivity contribution is 7.80. The number of hydrogen-bond donors (Lipinski definition) is 4. The number of primary amides is 1. The molecule has 2 rings (SSSR count). The SMILES string of the molecule is NC(=O)NCCNc1cc(C(N)=S)c2ccccc2n1. The molecule has 0 bridgehead atoms. The average molecular weight is 289 g/mol. The van der Waals surface area contributed by atoms with E-state index in [-0.39, 0.29) is 0 Å². The highest BCUT2D eigenvalue weighted by atomic mass is 32.1. The molecule has 0 fully saturated rings. The normalized spacial score (nSPS) is 10.2. The van der Waals surface area contributed by atoms with Crippen LogP contribution in [0, 0.1) is 0 Å². The Labute approximate surface area is 121 Å². The number of nitrogens with one attached hydrogen (secondary N) is 2. The van der Waals surface area contributed by atoms with Gasteiger partial charge in [0.1, 0.15) is 10.8 Å². The molecule has 0 spiro atoms. The monoisotopic (exact) mass is 289 g/mol. The molecule has 1 aromatic heterocycles. The number of pyridine rings is 1. The maximum atomic E-state index is 10.6. The van der Waals surface area contributed by atoms with Gasteiger partial charge in [-0.1, -0.05) is 30.4 Å². The first-order valence-corrected chi connectivity index (χ1v) is 6.45. The number of nitrogens with zero attached hydrogens (tertiary/aromatic N) is 1. The highest BCUT2D eigenvalue weighted by Gasteiger charge is 2.07. The molecule has 1 heterocycles. The molecular formula is C13H15N5OS. The van der Waals surface area contributed by atoms with Gasteiger partial charge in [-0.15, -0.1) is 0 Å². The van der Waals surface area contributed by atoms with E-state index >= 15 is 0 Å². The molecule has 6 N–H and O–H groups in total. The second kappa shape index (κ2) is 6.16. The topological polar surface area (TPSA) is 106 Å². The summed E-state index contributed by atoms with van der Waals surface area (Å²) in [5.74, 6) is 0.651. The molecule has 0 aliphatic rings. The summed E-state index contributed by atoms with van der Waals surface area (Å²) in [5.41, 5.74) is 12.3. The van der Waals surface area contributed by atoms with Crippen molar-refractivity contribution in [2.24, 2.45) is 11.5 Å². The minimum Gasteiger partial charge on any atom is -0.389 e. The van der Waals surface area contributed by atoms with E-state index in [1.165, 1.54) is 0 Å². The molecule has 0 atom stereocenters. The summed E-state index contributed by atoms with van der Waals surface area (Å²) >= 11 is 5.07. The van der Waals surface area contributed by atoms with Crippen molar-refractivity contribution in [3.8, 4) is 0 Å². The van der Waals surface area contributed by atoms with Gasteiger partial charge >= 0.3 is 6.03 Å². The first-order chi connectivity index (χ1) is 9.58. The van der Waals surface area contributed by atoms with Crippen LogP contribution >= 0.6 is 12.2 Å². The van der Waals surface area contributed by atoms with Crippen LogP contribution in [0.2, 0.25) is 0 Å². The van der Waals surface area contributed by atoms with Crippen LogP contribution in [0.3, 0.4) is 0 Å². The fourth-order valence-electron chi connectivity index (χ4n) is 1.85. The van der Waals surface area contributed by atoms with Crippen LogP contribution in [0.25, 0.3) is 10.9 Å². The third-order valence-corrected chi connectivity index (χ3v) is 2.93. The number of carbonyl (C=O) groups excluding carboxylic acids is 1. The Balaban J connectivity index is 2.22. The summed E-state index contributed by atoms with van der Waals surface area (Å²) in [6, 6.07) is 8.88. The highest BCUT2D eigenvalue weighted by Crippen LogP contribution is 2.20. The van der Waals surface area contributed by atoms with E-state index in [1.807, 2.05) is 24.3 Å². The Bertz CT molecular complexity index is 658. The van der Waals surface area contributed by atoms with Crippen LogP contribution < -0.4 is 22.1 Å². The van der Waals surface area contributed by atoms with Gasteiger partial charge in [0, 0.05) is 24.0 Å². The number of hydrogen-bond acceptors (Lipinski definition) is 4. The van der Waals surface area contributed by atoms with E-state index in [1.54, 1.807) is 6.07 Å². The van der Waals surface area contributed by atoms with Crippen molar-refractivity contribution >= 4 is 40.0 Å².